The Morgan fingerprint density at radius 1 is 1.77 bits per heavy atom. The van der Waals surface area contributed by atoms with Gasteiger partial charge >= 0.3 is 0 Å². The van der Waals surface area contributed by atoms with Crippen LogP contribution in [0.3, 0.4) is 0 Å². The van der Waals surface area contributed by atoms with E-state index in [-0.39, 0.29) is 11.3 Å². The van der Waals surface area contributed by atoms with E-state index in [9.17, 15) is 4.79 Å². The van der Waals surface area contributed by atoms with E-state index in [1.54, 1.807) is 6.92 Å². The van der Waals surface area contributed by atoms with Gasteiger partial charge in [-0.1, -0.05) is 13.0 Å². The molecule has 2 nitrogen and oxygen atoms in total. The van der Waals surface area contributed by atoms with Crippen LogP contribution in [0.5, 0.6) is 0 Å². The summed E-state index contributed by atoms with van der Waals surface area (Å²) in [6.07, 6.45) is 4.05. The van der Waals surface area contributed by atoms with Crippen molar-refractivity contribution in [1.29, 1.82) is 0 Å². The lowest BCUT2D eigenvalue weighted by Gasteiger charge is -2.22. The maximum absolute atomic E-state index is 11.2. The van der Waals surface area contributed by atoms with E-state index in [1.807, 2.05) is 11.0 Å². The van der Waals surface area contributed by atoms with Crippen LogP contribution in [0.25, 0.3) is 0 Å². The Morgan fingerprint density at radius 3 is 2.77 bits per heavy atom. The average Bonchev–Trinajstić information content (AvgIpc) is 2.27. The molecule has 0 aromatic rings. The second kappa shape index (κ2) is 3.52. The fourth-order valence-electron chi connectivity index (χ4n) is 2.37. The summed E-state index contributed by atoms with van der Waals surface area (Å²) < 4.78 is 0. The first kappa shape index (κ1) is 10.3. The van der Waals surface area contributed by atoms with Crippen molar-refractivity contribution in [2.45, 2.75) is 39.7 Å². The van der Waals surface area contributed by atoms with Crippen LogP contribution < -0.4 is 0 Å². The van der Waals surface area contributed by atoms with Crippen molar-refractivity contribution < 1.29 is 4.79 Å². The quantitative estimate of drug-likeness (QED) is 0.598. The second-order valence-corrected chi connectivity index (χ2v) is 4.50. The largest absolute Gasteiger partial charge is 0.340 e. The molecule has 2 atom stereocenters. The molecule has 1 saturated heterocycles. The molecule has 1 aliphatic heterocycles. The molecule has 1 fully saturated rings. The highest BCUT2D eigenvalue weighted by atomic mass is 16.2. The monoisotopic (exact) mass is 181 g/mol. The second-order valence-electron chi connectivity index (χ2n) is 4.50. The number of rotatable bonds is 2. The first-order valence-corrected chi connectivity index (χ1v) is 4.86. The Bertz CT molecular complexity index is 224. The zero-order valence-electron chi connectivity index (χ0n) is 8.84. The van der Waals surface area contributed by atoms with E-state index in [1.165, 1.54) is 0 Å². The summed E-state index contributed by atoms with van der Waals surface area (Å²) >= 11 is 0. The van der Waals surface area contributed by atoms with Gasteiger partial charge < -0.3 is 4.90 Å². The maximum atomic E-state index is 11.2. The Balaban J connectivity index is 2.68. The molecule has 0 bridgehead atoms. The van der Waals surface area contributed by atoms with Crippen molar-refractivity contribution in [2.75, 3.05) is 6.54 Å². The minimum absolute atomic E-state index is 0.195. The van der Waals surface area contributed by atoms with E-state index in [2.05, 4.69) is 20.4 Å². The van der Waals surface area contributed by atoms with Crippen molar-refractivity contribution in [2.24, 2.45) is 5.41 Å². The number of amides is 1. The normalized spacial score (nSPS) is 33.5. The van der Waals surface area contributed by atoms with Crippen LogP contribution in [-0.4, -0.2) is 23.4 Å². The smallest absolute Gasteiger partial charge is 0.219 e. The van der Waals surface area contributed by atoms with Crippen LogP contribution in [0.1, 0.15) is 33.6 Å². The van der Waals surface area contributed by atoms with E-state index in [0.29, 0.717) is 6.04 Å². The molecule has 0 aliphatic carbocycles. The minimum atomic E-state index is 0.195. The van der Waals surface area contributed by atoms with Gasteiger partial charge in [0.25, 0.3) is 0 Å². The summed E-state index contributed by atoms with van der Waals surface area (Å²) in [4.78, 5) is 13.2. The number of allylic oxidation sites excluding steroid dienone is 1. The SMILES string of the molecule is C=CC[C@@]1(C)C[C@@H](C)N(C(C)=O)C1. The van der Waals surface area contributed by atoms with Gasteiger partial charge in [-0.3, -0.25) is 4.79 Å². The molecule has 0 saturated carbocycles. The molecule has 1 amide bonds. The van der Waals surface area contributed by atoms with E-state index >= 15 is 0 Å². The summed E-state index contributed by atoms with van der Waals surface area (Å²) in [5.41, 5.74) is 0.257. The predicted octanol–water partition coefficient (Wildman–Crippen LogP) is 2.21. The van der Waals surface area contributed by atoms with Crippen LogP contribution in [0.4, 0.5) is 0 Å². The molecule has 0 N–H and O–H groups in total. The van der Waals surface area contributed by atoms with Crippen LogP contribution in [0.15, 0.2) is 12.7 Å². The molecule has 0 spiro atoms. The van der Waals surface area contributed by atoms with Gasteiger partial charge in [-0.05, 0) is 25.2 Å². The molecular weight excluding hydrogens is 162 g/mol. The van der Waals surface area contributed by atoms with Crippen LogP contribution in [0.2, 0.25) is 0 Å². The van der Waals surface area contributed by atoms with E-state index < -0.39 is 0 Å². The summed E-state index contributed by atoms with van der Waals surface area (Å²) in [5, 5.41) is 0. The summed E-state index contributed by atoms with van der Waals surface area (Å²) in [5.74, 6) is 0.195. The number of hydrogen-bond donors (Lipinski definition) is 0. The van der Waals surface area contributed by atoms with Crippen molar-refractivity contribution in [1.82, 2.24) is 4.90 Å². The lowest BCUT2D eigenvalue weighted by Crippen LogP contribution is -2.32. The molecule has 0 unspecified atom stereocenters. The zero-order chi connectivity index (χ0) is 10.1. The summed E-state index contributed by atoms with van der Waals surface area (Å²) in [6.45, 7) is 10.6. The van der Waals surface area contributed by atoms with Gasteiger partial charge in [-0.15, -0.1) is 6.58 Å². The van der Waals surface area contributed by atoms with Crippen molar-refractivity contribution in [3.63, 3.8) is 0 Å². The van der Waals surface area contributed by atoms with Crippen molar-refractivity contribution in [3.05, 3.63) is 12.7 Å². The summed E-state index contributed by atoms with van der Waals surface area (Å²) in [7, 11) is 0. The van der Waals surface area contributed by atoms with Gasteiger partial charge in [0.1, 0.15) is 0 Å². The number of carbonyl (C=O) groups excluding carboxylic acids is 1. The molecule has 0 aromatic carbocycles. The third-order valence-corrected chi connectivity index (χ3v) is 2.91. The first-order valence-electron chi connectivity index (χ1n) is 4.86. The van der Waals surface area contributed by atoms with E-state index in [4.69, 9.17) is 0 Å². The Labute approximate surface area is 80.6 Å². The van der Waals surface area contributed by atoms with E-state index in [0.717, 1.165) is 19.4 Å². The predicted molar refractivity (Wildman–Crippen MR) is 54.4 cm³/mol. The molecule has 1 aliphatic rings. The lowest BCUT2D eigenvalue weighted by atomic mass is 9.85. The molecule has 0 radical (unpaired) electrons. The number of carbonyl (C=O) groups is 1. The zero-order valence-corrected chi connectivity index (χ0v) is 8.84. The molecule has 2 heteroatoms. The Kier molecular flexibility index (Phi) is 2.79. The van der Waals surface area contributed by atoms with Crippen molar-refractivity contribution >= 4 is 5.91 Å². The summed E-state index contributed by atoms with van der Waals surface area (Å²) in [6, 6.07) is 0.391. The highest BCUT2D eigenvalue weighted by Gasteiger charge is 2.38. The van der Waals surface area contributed by atoms with Gasteiger partial charge in [0.15, 0.2) is 0 Å². The third kappa shape index (κ3) is 2.11. The van der Waals surface area contributed by atoms with Gasteiger partial charge in [-0.2, -0.15) is 0 Å². The number of nitrogens with zero attached hydrogens (tertiary/aromatic N) is 1. The number of likely N-dealkylation sites (tertiary alicyclic amines) is 1. The number of hydrogen-bond acceptors (Lipinski definition) is 1. The standard InChI is InChI=1S/C11H19NO/c1-5-6-11(4)7-9(2)12(8-11)10(3)13/h5,9H,1,6-8H2,2-4H3/t9-,11+/m1/s1. The highest BCUT2D eigenvalue weighted by molar-refractivity contribution is 5.74. The Hall–Kier alpha value is -0.790. The average molecular weight is 181 g/mol. The fourth-order valence-corrected chi connectivity index (χ4v) is 2.37. The topological polar surface area (TPSA) is 20.3 Å². The van der Waals surface area contributed by atoms with Gasteiger partial charge in [0.05, 0.1) is 0 Å². The minimum Gasteiger partial charge on any atom is -0.340 e. The molecule has 1 rings (SSSR count). The van der Waals surface area contributed by atoms with Gasteiger partial charge in [0, 0.05) is 19.5 Å². The van der Waals surface area contributed by atoms with Crippen molar-refractivity contribution in [3.8, 4) is 0 Å². The lowest BCUT2D eigenvalue weighted by molar-refractivity contribution is -0.129. The third-order valence-electron chi connectivity index (χ3n) is 2.91. The van der Waals surface area contributed by atoms with Crippen LogP contribution in [0, 0.1) is 5.41 Å². The molecule has 13 heavy (non-hydrogen) atoms. The van der Waals surface area contributed by atoms with Gasteiger partial charge in [0.2, 0.25) is 5.91 Å². The molecule has 74 valence electrons. The highest BCUT2D eigenvalue weighted by Crippen LogP contribution is 2.37. The molecular formula is C11H19NO. The van der Waals surface area contributed by atoms with Crippen LogP contribution in [-0.2, 0) is 4.79 Å². The van der Waals surface area contributed by atoms with Gasteiger partial charge in [-0.25, -0.2) is 0 Å². The fraction of sp³-hybridized carbons (Fsp3) is 0.727. The molecule has 1 heterocycles. The van der Waals surface area contributed by atoms with Crippen LogP contribution >= 0.6 is 0 Å². The first-order chi connectivity index (χ1) is 5.98. The maximum Gasteiger partial charge on any atom is 0.219 e. The molecule has 0 aromatic heterocycles. The Morgan fingerprint density at radius 2 is 2.38 bits per heavy atom.